The molecule has 0 spiro atoms. The number of nitrogens with one attached hydrogen (secondary N) is 2. The van der Waals surface area contributed by atoms with E-state index >= 15 is 0 Å². The number of ether oxygens (including phenoxy) is 1. The number of hydrogen-bond acceptors (Lipinski definition) is 3. The van der Waals surface area contributed by atoms with Gasteiger partial charge in [-0.15, -0.1) is 0 Å². The van der Waals surface area contributed by atoms with E-state index in [0.717, 1.165) is 42.3 Å². The molecule has 1 heterocycles. The molecule has 5 heteroatoms. The summed E-state index contributed by atoms with van der Waals surface area (Å²) >= 11 is 0. The lowest BCUT2D eigenvalue weighted by atomic mass is 9.97. The molecule has 0 fully saturated rings. The predicted octanol–water partition coefficient (Wildman–Crippen LogP) is 3.73. The zero-order chi connectivity index (χ0) is 15.2. The highest BCUT2D eigenvalue weighted by Gasteiger charge is 2.18. The molecule has 0 aliphatic carbocycles. The molecule has 2 N–H and O–H groups in total. The molecule has 5 nitrogen and oxygen atoms in total. The van der Waals surface area contributed by atoms with Crippen molar-refractivity contribution in [3.05, 3.63) is 18.2 Å². The minimum absolute atomic E-state index is 0.0509. The number of aromatic amines is 1. The Hall–Kier alpha value is -2.04. The number of carbonyl (C=O) groups is 1. The molecule has 0 radical (unpaired) electrons. The van der Waals surface area contributed by atoms with E-state index < -0.39 is 0 Å². The molecule has 0 aliphatic rings. The summed E-state index contributed by atoms with van der Waals surface area (Å²) in [7, 11) is 1.62. The molecule has 2 rings (SSSR count). The van der Waals surface area contributed by atoms with Crippen molar-refractivity contribution >= 4 is 22.6 Å². The van der Waals surface area contributed by atoms with E-state index in [0.29, 0.717) is 5.82 Å². The molecule has 2 aromatic rings. The molecule has 0 saturated carbocycles. The van der Waals surface area contributed by atoms with Crippen LogP contribution in [0.3, 0.4) is 0 Å². The van der Waals surface area contributed by atoms with Crippen molar-refractivity contribution in [1.82, 2.24) is 10.2 Å². The van der Waals surface area contributed by atoms with Crippen LogP contribution >= 0.6 is 0 Å². The summed E-state index contributed by atoms with van der Waals surface area (Å²) in [5.74, 6) is 1.43. The topological polar surface area (TPSA) is 67.0 Å². The third kappa shape index (κ3) is 3.54. The number of methoxy groups -OCH3 is 1. The number of amides is 1. The van der Waals surface area contributed by atoms with Crippen molar-refractivity contribution in [2.75, 3.05) is 12.4 Å². The predicted molar refractivity (Wildman–Crippen MR) is 84.6 cm³/mol. The van der Waals surface area contributed by atoms with Crippen molar-refractivity contribution in [2.24, 2.45) is 5.92 Å². The van der Waals surface area contributed by atoms with Gasteiger partial charge in [-0.05, 0) is 31.0 Å². The molecule has 0 unspecified atom stereocenters. The fraction of sp³-hybridized carbons (Fsp3) is 0.500. The SMILES string of the molecule is CCCC(CCC)C(=O)Nc1n[nH]c2ccc(OC)cc12. The van der Waals surface area contributed by atoms with Gasteiger partial charge in [0.05, 0.1) is 12.6 Å². The molecule has 1 amide bonds. The Bertz CT molecular complexity index is 601. The highest BCUT2D eigenvalue weighted by molar-refractivity contribution is 6.00. The molecule has 0 atom stereocenters. The Morgan fingerprint density at radius 1 is 1.33 bits per heavy atom. The molecular formula is C16H23N3O2. The number of rotatable bonds is 7. The van der Waals surface area contributed by atoms with E-state index in [-0.39, 0.29) is 11.8 Å². The zero-order valence-electron chi connectivity index (χ0n) is 12.9. The van der Waals surface area contributed by atoms with Crippen LogP contribution in [0, 0.1) is 5.92 Å². The van der Waals surface area contributed by atoms with Gasteiger partial charge < -0.3 is 10.1 Å². The van der Waals surface area contributed by atoms with Crippen molar-refractivity contribution in [3.63, 3.8) is 0 Å². The Morgan fingerprint density at radius 2 is 2.05 bits per heavy atom. The summed E-state index contributed by atoms with van der Waals surface area (Å²) in [5, 5.41) is 10.9. The molecule has 0 saturated heterocycles. The maximum Gasteiger partial charge on any atom is 0.228 e. The number of hydrogen-bond donors (Lipinski definition) is 2. The summed E-state index contributed by atoms with van der Waals surface area (Å²) < 4.78 is 5.22. The van der Waals surface area contributed by atoms with Crippen molar-refractivity contribution < 1.29 is 9.53 Å². The van der Waals surface area contributed by atoms with Crippen LogP contribution in [0.15, 0.2) is 18.2 Å². The van der Waals surface area contributed by atoms with Crippen LogP contribution in [0.25, 0.3) is 10.9 Å². The standard InChI is InChI=1S/C16H23N3O2/c1-4-6-11(7-5-2)16(20)17-15-13-10-12(21-3)8-9-14(13)18-19-15/h8-11H,4-7H2,1-3H3,(H2,17,18,19,20). The Kier molecular flexibility index (Phi) is 5.20. The number of aromatic nitrogens is 2. The lowest BCUT2D eigenvalue weighted by Gasteiger charge is -2.14. The Labute approximate surface area is 125 Å². The lowest BCUT2D eigenvalue weighted by molar-refractivity contribution is -0.120. The van der Waals surface area contributed by atoms with Gasteiger partial charge in [0.1, 0.15) is 5.75 Å². The molecular weight excluding hydrogens is 266 g/mol. The van der Waals surface area contributed by atoms with E-state index in [1.807, 2.05) is 18.2 Å². The molecule has 1 aromatic heterocycles. The molecule has 0 bridgehead atoms. The second-order valence-corrected chi connectivity index (χ2v) is 5.25. The summed E-state index contributed by atoms with van der Waals surface area (Å²) in [6.07, 6.45) is 3.83. The van der Waals surface area contributed by atoms with Crippen LogP contribution in [0.2, 0.25) is 0 Å². The van der Waals surface area contributed by atoms with Crippen LogP contribution in [-0.2, 0) is 4.79 Å². The van der Waals surface area contributed by atoms with Crippen LogP contribution in [0.4, 0.5) is 5.82 Å². The minimum Gasteiger partial charge on any atom is -0.497 e. The maximum absolute atomic E-state index is 12.4. The largest absolute Gasteiger partial charge is 0.497 e. The molecule has 0 aliphatic heterocycles. The van der Waals surface area contributed by atoms with Gasteiger partial charge in [-0.3, -0.25) is 9.89 Å². The van der Waals surface area contributed by atoms with Gasteiger partial charge in [0.25, 0.3) is 0 Å². The van der Waals surface area contributed by atoms with E-state index in [9.17, 15) is 4.79 Å². The summed E-state index contributed by atoms with van der Waals surface area (Å²) in [6, 6.07) is 5.64. The number of carbonyl (C=O) groups excluding carboxylic acids is 1. The maximum atomic E-state index is 12.4. The normalized spacial score (nSPS) is 11.0. The molecule has 114 valence electrons. The molecule has 1 aromatic carbocycles. The lowest BCUT2D eigenvalue weighted by Crippen LogP contribution is -2.23. The first kappa shape index (κ1) is 15.4. The van der Waals surface area contributed by atoms with Crippen LogP contribution in [0.1, 0.15) is 39.5 Å². The Morgan fingerprint density at radius 3 is 2.67 bits per heavy atom. The van der Waals surface area contributed by atoms with Crippen molar-refractivity contribution in [1.29, 1.82) is 0 Å². The number of fused-ring (bicyclic) bond motifs is 1. The van der Waals surface area contributed by atoms with Gasteiger partial charge in [-0.1, -0.05) is 26.7 Å². The highest BCUT2D eigenvalue weighted by atomic mass is 16.5. The van der Waals surface area contributed by atoms with Crippen molar-refractivity contribution in [2.45, 2.75) is 39.5 Å². The van der Waals surface area contributed by atoms with Crippen LogP contribution in [0.5, 0.6) is 5.75 Å². The van der Waals surface area contributed by atoms with Crippen molar-refractivity contribution in [3.8, 4) is 5.75 Å². The van der Waals surface area contributed by atoms with Gasteiger partial charge in [0.2, 0.25) is 5.91 Å². The van der Waals surface area contributed by atoms with Gasteiger partial charge in [-0.2, -0.15) is 5.10 Å². The fourth-order valence-corrected chi connectivity index (χ4v) is 2.54. The first-order valence-corrected chi connectivity index (χ1v) is 7.52. The Balaban J connectivity index is 2.20. The van der Waals surface area contributed by atoms with E-state index in [4.69, 9.17) is 4.74 Å². The van der Waals surface area contributed by atoms with Crippen LogP contribution in [-0.4, -0.2) is 23.2 Å². The first-order chi connectivity index (χ1) is 10.2. The zero-order valence-corrected chi connectivity index (χ0v) is 12.9. The van der Waals surface area contributed by atoms with E-state index in [1.165, 1.54) is 0 Å². The number of H-pyrrole nitrogens is 1. The second-order valence-electron chi connectivity index (χ2n) is 5.25. The fourth-order valence-electron chi connectivity index (χ4n) is 2.54. The number of benzene rings is 1. The quantitative estimate of drug-likeness (QED) is 0.816. The monoisotopic (exact) mass is 289 g/mol. The smallest absolute Gasteiger partial charge is 0.228 e. The average molecular weight is 289 g/mol. The third-order valence-corrected chi connectivity index (χ3v) is 3.66. The summed E-state index contributed by atoms with van der Waals surface area (Å²) in [6.45, 7) is 4.20. The average Bonchev–Trinajstić information content (AvgIpc) is 2.89. The van der Waals surface area contributed by atoms with Gasteiger partial charge >= 0.3 is 0 Å². The minimum atomic E-state index is 0.0509. The summed E-state index contributed by atoms with van der Waals surface area (Å²) in [5.41, 5.74) is 0.883. The first-order valence-electron chi connectivity index (χ1n) is 7.52. The third-order valence-electron chi connectivity index (χ3n) is 3.66. The van der Waals surface area contributed by atoms with Gasteiger partial charge in [0.15, 0.2) is 5.82 Å². The van der Waals surface area contributed by atoms with E-state index in [1.54, 1.807) is 7.11 Å². The highest BCUT2D eigenvalue weighted by Crippen LogP contribution is 2.26. The number of nitrogens with zero attached hydrogens (tertiary/aromatic N) is 1. The molecule has 21 heavy (non-hydrogen) atoms. The van der Waals surface area contributed by atoms with E-state index in [2.05, 4.69) is 29.4 Å². The van der Waals surface area contributed by atoms with Gasteiger partial charge in [0, 0.05) is 11.3 Å². The van der Waals surface area contributed by atoms with Gasteiger partial charge in [-0.25, -0.2) is 0 Å². The summed E-state index contributed by atoms with van der Waals surface area (Å²) in [4.78, 5) is 12.4. The second kappa shape index (κ2) is 7.11. The number of anilines is 1. The van der Waals surface area contributed by atoms with Crippen LogP contribution < -0.4 is 10.1 Å².